The lowest BCUT2D eigenvalue weighted by atomic mass is 9.75. The molecule has 0 aromatic carbocycles. The number of nitrogens with one attached hydrogen (secondary N) is 1. The van der Waals surface area contributed by atoms with Crippen molar-refractivity contribution in [1.82, 2.24) is 5.32 Å². The van der Waals surface area contributed by atoms with Crippen LogP contribution in [-0.2, 0) is 0 Å². The molecule has 1 nitrogen and oxygen atoms in total. The third kappa shape index (κ3) is 3.13. The van der Waals surface area contributed by atoms with Crippen molar-refractivity contribution in [3.63, 3.8) is 0 Å². The fourth-order valence-corrected chi connectivity index (χ4v) is 3.89. The van der Waals surface area contributed by atoms with Crippen LogP contribution in [0.1, 0.15) is 53.4 Å². The summed E-state index contributed by atoms with van der Waals surface area (Å²) in [5, 5.41) is 3.67. The Kier molecular flexibility index (Phi) is 4.30. The number of hydrogen-bond donors (Lipinski definition) is 1. The lowest BCUT2D eigenvalue weighted by Gasteiger charge is -2.31. The van der Waals surface area contributed by atoms with Crippen molar-refractivity contribution in [2.45, 2.75) is 65.5 Å². The van der Waals surface area contributed by atoms with Crippen molar-refractivity contribution in [3.05, 3.63) is 12.2 Å². The fraction of sp³-hybridized carbons (Fsp3) is 0.875. The molecule has 1 aliphatic carbocycles. The van der Waals surface area contributed by atoms with Crippen LogP contribution in [0.2, 0.25) is 0 Å². The van der Waals surface area contributed by atoms with E-state index in [2.05, 4.69) is 45.2 Å². The molecule has 98 valence electrons. The molecular formula is C16H29N. The third-order valence-electron chi connectivity index (χ3n) is 5.08. The summed E-state index contributed by atoms with van der Waals surface area (Å²) in [7, 11) is 0. The molecule has 0 amide bonds. The molecule has 1 fully saturated rings. The molecule has 17 heavy (non-hydrogen) atoms. The molecule has 2 aliphatic rings. The summed E-state index contributed by atoms with van der Waals surface area (Å²) < 4.78 is 0. The predicted molar refractivity (Wildman–Crippen MR) is 75.0 cm³/mol. The molecule has 6 atom stereocenters. The van der Waals surface area contributed by atoms with Crippen LogP contribution in [0.25, 0.3) is 0 Å². The zero-order valence-corrected chi connectivity index (χ0v) is 11.9. The van der Waals surface area contributed by atoms with E-state index in [0.717, 1.165) is 35.8 Å². The molecule has 0 saturated carbocycles. The molecule has 5 unspecified atom stereocenters. The highest BCUT2D eigenvalue weighted by Gasteiger charge is 2.31. The third-order valence-corrected chi connectivity index (χ3v) is 5.08. The molecule has 0 radical (unpaired) electrons. The van der Waals surface area contributed by atoms with Gasteiger partial charge in [-0.3, -0.25) is 0 Å². The van der Waals surface area contributed by atoms with E-state index in [-0.39, 0.29) is 0 Å². The number of allylic oxidation sites excluding steroid dienone is 2. The lowest BCUT2D eigenvalue weighted by Crippen LogP contribution is -2.28. The van der Waals surface area contributed by atoms with Gasteiger partial charge in [-0.25, -0.2) is 0 Å². The molecule has 1 N–H and O–H groups in total. The van der Waals surface area contributed by atoms with E-state index in [0.29, 0.717) is 0 Å². The Morgan fingerprint density at radius 2 is 1.82 bits per heavy atom. The van der Waals surface area contributed by atoms with Gasteiger partial charge >= 0.3 is 0 Å². The van der Waals surface area contributed by atoms with Gasteiger partial charge in [0.1, 0.15) is 0 Å². The number of rotatable bonds is 3. The summed E-state index contributed by atoms with van der Waals surface area (Å²) in [4.78, 5) is 0. The van der Waals surface area contributed by atoms with E-state index >= 15 is 0 Å². The van der Waals surface area contributed by atoms with Crippen LogP contribution in [-0.4, -0.2) is 12.1 Å². The predicted octanol–water partition coefficient (Wildman–Crippen LogP) is 4.00. The normalized spacial score (nSPS) is 46.4. The van der Waals surface area contributed by atoms with Gasteiger partial charge in [-0.2, -0.15) is 0 Å². The van der Waals surface area contributed by atoms with Gasteiger partial charge in [0.2, 0.25) is 0 Å². The fourth-order valence-electron chi connectivity index (χ4n) is 3.89. The van der Waals surface area contributed by atoms with Gasteiger partial charge in [0, 0.05) is 12.1 Å². The monoisotopic (exact) mass is 235 g/mol. The summed E-state index contributed by atoms with van der Waals surface area (Å²) in [5.41, 5.74) is 0. The Balaban J connectivity index is 1.89. The first-order valence-corrected chi connectivity index (χ1v) is 7.54. The van der Waals surface area contributed by atoms with Crippen LogP contribution >= 0.6 is 0 Å². The Hall–Kier alpha value is -0.300. The van der Waals surface area contributed by atoms with Gasteiger partial charge in [0.05, 0.1) is 0 Å². The molecule has 1 heteroatoms. The summed E-state index contributed by atoms with van der Waals surface area (Å²) in [6, 6.07) is 1.45. The molecule has 0 aromatic rings. The minimum absolute atomic E-state index is 0.720. The van der Waals surface area contributed by atoms with Gasteiger partial charge in [0.15, 0.2) is 0 Å². The molecule has 0 aromatic heterocycles. The van der Waals surface area contributed by atoms with Crippen molar-refractivity contribution in [1.29, 1.82) is 0 Å². The van der Waals surface area contributed by atoms with Gasteiger partial charge in [-0.1, -0.05) is 32.4 Å². The van der Waals surface area contributed by atoms with E-state index < -0.39 is 0 Å². The maximum atomic E-state index is 3.67. The molecule has 2 rings (SSSR count). The maximum absolute atomic E-state index is 3.67. The highest BCUT2D eigenvalue weighted by molar-refractivity contribution is 5.01. The first-order valence-electron chi connectivity index (χ1n) is 7.54. The standard InChI is InChI=1S/C16H29N/c1-5-15-9-14(7-6-11(15)2)10-16-8-12(3)17-13(16)4/h6-7,11-17H,5,8-10H2,1-4H3/t11?,12-,13?,14?,15?,16?/m1/s1. The number of hydrogen-bond acceptors (Lipinski definition) is 1. The first kappa shape index (κ1) is 13.1. The van der Waals surface area contributed by atoms with Crippen LogP contribution in [0.4, 0.5) is 0 Å². The molecule has 1 saturated heterocycles. The topological polar surface area (TPSA) is 12.0 Å². The average Bonchev–Trinajstić information content (AvgIpc) is 2.60. The highest BCUT2D eigenvalue weighted by Crippen LogP contribution is 2.36. The molecule has 0 spiro atoms. The average molecular weight is 235 g/mol. The van der Waals surface area contributed by atoms with E-state index in [1.807, 2.05) is 0 Å². The molecule has 1 heterocycles. The second-order valence-corrected chi connectivity index (χ2v) is 6.50. The summed E-state index contributed by atoms with van der Waals surface area (Å²) in [5.74, 6) is 3.46. The quantitative estimate of drug-likeness (QED) is 0.729. The minimum atomic E-state index is 0.720. The first-order chi connectivity index (χ1) is 8.10. The van der Waals surface area contributed by atoms with Crippen LogP contribution in [0.15, 0.2) is 12.2 Å². The van der Waals surface area contributed by atoms with E-state index in [4.69, 9.17) is 0 Å². The van der Waals surface area contributed by atoms with Gasteiger partial charge in [-0.05, 0) is 56.8 Å². The molecule has 0 bridgehead atoms. The largest absolute Gasteiger partial charge is 0.311 e. The SMILES string of the molecule is CCC1CC(CC2C[C@@H](C)NC2C)C=CC1C. The van der Waals surface area contributed by atoms with E-state index in [9.17, 15) is 0 Å². The van der Waals surface area contributed by atoms with Crippen LogP contribution in [0.3, 0.4) is 0 Å². The zero-order chi connectivity index (χ0) is 12.4. The highest BCUT2D eigenvalue weighted by atomic mass is 15.0. The Bertz CT molecular complexity index is 271. The summed E-state index contributed by atoms with van der Waals surface area (Å²) in [6.45, 7) is 9.41. The Morgan fingerprint density at radius 3 is 2.41 bits per heavy atom. The van der Waals surface area contributed by atoms with E-state index in [1.165, 1.54) is 25.7 Å². The zero-order valence-electron chi connectivity index (χ0n) is 11.9. The smallest absolute Gasteiger partial charge is 0.00702 e. The summed E-state index contributed by atoms with van der Waals surface area (Å²) in [6.07, 6.45) is 10.5. The van der Waals surface area contributed by atoms with Crippen molar-refractivity contribution < 1.29 is 0 Å². The second kappa shape index (κ2) is 5.56. The lowest BCUT2D eigenvalue weighted by molar-refractivity contribution is 0.275. The Labute approximate surface area is 107 Å². The van der Waals surface area contributed by atoms with Gasteiger partial charge in [0.25, 0.3) is 0 Å². The van der Waals surface area contributed by atoms with Crippen LogP contribution in [0, 0.1) is 23.7 Å². The van der Waals surface area contributed by atoms with Crippen molar-refractivity contribution >= 4 is 0 Å². The summed E-state index contributed by atoms with van der Waals surface area (Å²) >= 11 is 0. The molecular weight excluding hydrogens is 206 g/mol. The van der Waals surface area contributed by atoms with E-state index in [1.54, 1.807) is 0 Å². The minimum Gasteiger partial charge on any atom is -0.311 e. The Morgan fingerprint density at radius 1 is 1.06 bits per heavy atom. The van der Waals surface area contributed by atoms with Crippen molar-refractivity contribution in [3.8, 4) is 0 Å². The second-order valence-electron chi connectivity index (χ2n) is 6.50. The van der Waals surface area contributed by atoms with Gasteiger partial charge in [-0.15, -0.1) is 0 Å². The maximum Gasteiger partial charge on any atom is 0.00702 e. The van der Waals surface area contributed by atoms with Crippen LogP contribution < -0.4 is 5.32 Å². The van der Waals surface area contributed by atoms with Crippen LogP contribution in [0.5, 0.6) is 0 Å². The van der Waals surface area contributed by atoms with Gasteiger partial charge < -0.3 is 5.32 Å². The van der Waals surface area contributed by atoms with Crippen molar-refractivity contribution in [2.24, 2.45) is 23.7 Å². The molecule has 1 aliphatic heterocycles. The van der Waals surface area contributed by atoms with Crippen molar-refractivity contribution in [2.75, 3.05) is 0 Å².